The van der Waals surface area contributed by atoms with Crippen molar-refractivity contribution in [2.75, 3.05) is 5.43 Å². The monoisotopic (exact) mass is 188 g/mol. The van der Waals surface area contributed by atoms with Crippen molar-refractivity contribution in [3.05, 3.63) is 24.3 Å². The first-order chi connectivity index (χ1) is 6.86. The van der Waals surface area contributed by atoms with Crippen LogP contribution in [-0.4, -0.2) is 10.2 Å². The molecule has 0 aliphatic heterocycles. The van der Waals surface area contributed by atoms with Gasteiger partial charge in [-0.1, -0.05) is 24.3 Å². The van der Waals surface area contributed by atoms with Crippen molar-refractivity contribution in [1.29, 1.82) is 5.53 Å². The van der Waals surface area contributed by atoms with E-state index in [1.807, 2.05) is 24.3 Å². The molecule has 14 heavy (non-hydrogen) atoms. The Hall–Kier alpha value is -2.08. The van der Waals surface area contributed by atoms with E-state index in [-0.39, 0.29) is 0 Å². The summed E-state index contributed by atoms with van der Waals surface area (Å²) in [5.41, 5.74) is 9.37. The van der Waals surface area contributed by atoms with Crippen LogP contribution in [0.25, 0.3) is 10.8 Å². The number of hydrogen-bond acceptors (Lipinski definition) is 6. The van der Waals surface area contributed by atoms with E-state index >= 15 is 0 Å². The normalized spacial score (nSPS) is 10.1. The van der Waals surface area contributed by atoms with Crippen molar-refractivity contribution in [3.8, 4) is 0 Å². The molecular weight excluding hydrogens is 180 g/mol. The summed E-state index contributed by atoms with van der Waals surface area (Å²) in [6, 6.07) is 7.36. The van der Waals surface area contributed by atoms with Gasteiger partial charge in [-0.2, -0.15) is 0 Å². The molecule has 2 aromatic rings. The third kappa shape index (κ3) is 1.17. The summed E-state index contributed by atoms with van der Waals surface area (Å²) >= 11 is 0. The standard InChI is InChI=1S/C8H8N6/c9-11-7-5-3-1-2-4-6(5)8(12-10)14-13-7/h1-4,9H,10H2,(H,12,14). The lowest BCUT2D eigenvalue weighted by molar-refractivity contribution is 0.992. The summed E-state index contributed by atoms with van der Waals surface area (Å²) in [5, 5.41) is 12.4. The number of hydrogen-bond donors (Lipinski definition) is 3. The number of nitrogens with zero attached hydrogens (tertiary/aromatic N) is 3. The van der Waals surface area contributed by atoms with Gasteiger partial charge in [0.15, 0.2) is 5.82 Å². The zero-order chi connectivity index (χ0) is 9.97. The number of anilines is 1. The van der Waals surface area contributed by atoms with Gasteiger partial charge < -0.3 is 5.43 Å². The summed E-state index contributed by atoms with van der Waals surface area (Å²) in [5.74, 6) is 6.05. The van der Waals surface area contributed by atoms with E-state index in [2.05, 4.69) is 20.7 Å². The van der Waals surface area contributed by atoms with Crippen molar-refractivity contribution in [1.82, 2.24) is 10.2 Å². The average Bonchev–Trinajstić information content (AvgIpc) is 2.27. The third-order valence-electron chi connectivity index (χ3n) is 1.91. The smallest absolute Gasteiger partial charge is 0.203 e. The Morgan fingerprint density at radius 2 is 1.93 bits per heavy atom. The molecule has 6 heteroatoms. The lowest BCUT2D eigenvalue weighted by Crippen LogP contribution is -2.09. The summed E-state index contributed by atoms with van der Waals surface area (Å²) in [7, 11) is 0. The fourth-order valence-corrected chi connectivity index (χ4v) is 1.28. The van der Waals surface area contributed by atoms with Gasteiger partial charge in [0.1, 0.15) is 0 Å². The quantitative estimate of drug-likeness (QED) is 0.378. The topological polar surface area (TPSA) is 100 Å². The Bertz CT molecular complexity index is 480. The molecule has 0 aliphatic rings. The summed E-state index contributed by atoms with van der Waals surface area (Å²) in [6.45, 7) is 0. The van der Waals surface area contributed by atoms with Gasteiger partial charge in [0.2, 0.25) is 5.82 Å². The molecule has 0 saturated carbocycles. The highest BCUT2D eigenvalue weighted by Crippen LogP contribution is 2.26. The van der Waals surface area contributed by atoms with Crippen molar-refractivity contribution in [3.63, 3.8) is 0 Å². The minimum Gasteiger partial charge on any atom is -0.306 e. The molecule has 0 amide bonds. The highest BCUT2D eigenvalue weighted by atomic mass is 15.3. The van der Waals surface area contributed by atoms with Crippen LogP contribution >= 0.6 is 0 Å². The largest absolute Gasteiger partial charge is 0.306 e. The van der Waals surface area contributed by atoms with Gasteiger partial charge in [-0.25, -0.2) is 11.4 Å². The third-order valence-corrected chi connectivity index (χ3v) is 1.91. The summed E-state index contributed by atoms with van der Waals surface area (Å²) in [6.07, 6.45) is 0. The molecule has 2 rings (SSSR count). The Labute approximate surface area is 79.6 Å². The molecule has 0 unspecified atom stereocenters. The van der Waals surface area contributed by atoms with Crippen LogP contribution in [0.4, 0.5) is 11.6 Å². The highest BCUT2D eigenvalue weighted by molar-refractivity contribution is 5.97. The van der Waals surface area contributed by atoms with Crippen LogP contribution in [0, 0.1) is 5.53 Å². The molecule has 0 fully saturated rings. The lowest BCUT2D eigenvalue weighted by atomic mass is 10.2. The van der Waals surface area contributed by atoms with Crippen molar-refractivity contribution >= 4 is 22.4 Å². The van der Waals surface area contributed by atoms with Crippen LogP contribution in [0.15, 0.2) is 29.4 Å². The molecule has 0 radical (unpaired) electrons. The van der Waals surface area contributed by atoms with E-state index in [1.54, 1.807) is 0 Å². The fraction of sp³-hybridized carbons (Fsp3) is 0. The second-order valence-electron chi connectivity index (χ2n) is 2.67. The maximum atomic E-state index is 6.92. The number of aromatic nitrogens is 2. The zero-order valence-corrected chi connectivity index (χ0v) is 7.23. The van der Waals surface area contributed by atoms with E-state index in [0.717, 1.165) is 10.8 Å². The second-order valence-corrected chi connectivity index (χ2v) is 2.67. The first-order valence-electron chi connectivity index (χ1n) is 3.96. The second kappa shape index (κ2) is 3.35. The molecule has 1 aromatic carbocycles. The molecule has 0 aliphatic carbocycles. The van der Waals surface area contributed by atoms with Crippen LogP contribution in [0.3, 0.4) is 0 Å². The van der Waals surface area contributed by atoms with E-state index in [4.69, 9.17) is 11.4 Å². The lowest BCUT2D eigenvalue weighted by Gasteiger charge is -2.03. The fourth-order valence-electron chi connectivity index (χ4n) is 1.28. The van der Waals surface area contributed by atoms with Gasteiger partial charge in [-0.15, -0.1) is 15.3 Å². The van der Waals surface area contributed by atoms with Crippen molar-refractivity contribution in [2.45, 2.75) is 0 Å². The predicted octanol–water partition coefficient (Wildman–Crippen LogP) is 1.58. The predicted molar refractivity (Wildman–Crippen MR) is 52.2 cm³/mol. The van der Waals surface area contributed by atoms with E-state index in [9.17, 15) is 0 Å². The van der Waals surface area contributed by atoms with Crippen LogP contribution in [-0.2, 0) is 0 Å². The zero-order valence-electron chi connectivity index (χ0n) is 7.23. The molecule has 0 spiro atoms. The SMILES string of the molecule is N=Nc1nnc(NN)c2ccccc12. The Kier molecular flexibility index (Phi) is 2.04. The van der Waals surface area contributed by atoms with Gasteiger partial charge >= 0.3 is 0 Å². The average molecular weight is 188 g/mol. The molecule has 0 saturated heterocycles. The number of fused-ring (bicyclic) bond motifs is 1. The minimum absolute atomic E-state index is 0.291. The number of hydrazine groups is 1. The van der Waals surface area contributed by atoms with Crippen LogP contribution in [0.5, 0.6) is 0 Å². The summed E-state index contributed by atoms with van der Waals surface area (Å²) in [4.78, 5) is 0. The molecule has 6 nitrogen and oxygen atoms in total. The minimum atomic E-state index is 0.291. The first-order valence-corrected chi connectivity index (χ1v) is 3.96. The molecule has 70 valence electrons. The van der Waals surface area contributed by atoms with Crippen LogP contribution in [0.2, 0.25) is 0 Å². The molecule has 1 aromatic heterocycles. The van der Waals surface area contributed by atoms with Crippen molar-refractivity contribution in [2.24, 2.45) is 11.0 Å². The maximum Gasteiger partial charge on any atom is 0.203 e. The van der Waals surface area contributed by atoms with Crippen LogP contribution in [0.1, 0.15) is 0 Å². The molecule has 1 heterocycles. The Morgan fingerprint density at radius 3 is 2.57 bits per heavy atom. The number of nitrogens with two attached hydrogens (primary N) is 1. The Balaban J connectivity index is 2.84. The van der Waals surface area contributed by atoms with E-state index in [0.29, 0.717) is 11.6 Å². The summed E-state index contributed by atoms with van der Waals surface area (Å²) < 4.78 is 0. The number of rotatable bonds is 2. The molecule has 0 bridgehead atoms. The van der Waals surface area contributed by atoms with Gasteiger partial charge in [-0.3, -0.25) is 0 Å². The van der Waals surface area contributed by atoms with Crippen molar-refractivity contribution < 1.29 is 0 Å². The van der Waals surface area contributed by atoms with E-state index < -0.39 is 0 Å². The van der Waals surface area contributed by atoms with Gasteiger partial charge in [0.05, 0.1) is 0 Å². The molecule has 0 atom stereocenters. The molecule has 4 N–H and O–H groups in total. The maximum absolute atomic E-state index is 6.92. The molecular formula is C8H8N6. The number of nitrogen functional groups attached to an aromatic ring is 1. The highest BCUT2D eigenvalue weighted by Gasteiger charge is 2.06. The Morgan fingerprint density at radius 1 is 1.21 bits per heavy atom. The first kappa shape index (κ1) is 8.52. The van der Waals surface area contributed by atoms with Gasteiger partial charge in [0, 0.05) is 10.8 Å². The van der Waals surface area contributed by atoms with Crippen LogP contribution < -0.4 is 11.3 Å². The number of benzene rings is 1. The number of nitrogens with one attached hydrogen (secondary N) is 2. The van der Waals surface area contributed by atoms with Gasteiger partial charge in [-0.05, 0) is 0 Å². The van der Waals surface area contributed by atoms with Gasteiger partial charge in [0.25, 0.3) is 0 Å². The van der Waals surface area contributed by atoms with E-state index in [1.165, 1.54) is 0 Å².